The average Bonchev–Trinajstić information content (AvgIpc) is 2.63. The first kappa shape index (κ1) is 19.2. The van der Waals surface area contributed by atoms with E-state index < -0.39 is 6.04 Å². The molecule has 0 radical (unpaired) electrons. The van der Waals surface area contributed by atoms with Crippen molar-refractivity contribution in [2.75, 3.05) is 24.2 Å². The van der Waals surface area contributed by atoms with Crippen LogP contribution in [0.1, 0.15) is 18.1 Å². The largest absolute Gasteiger partial charge is 0.325 e. The van der Waals surface area contributed by atoms with E-state index in [9.17, 15) is 9.59 Å². The fourth-order valence-corrected chi connectivity index (χ4v) is 2.28. The second-order valence-corrected chi connectivity index (χ2v) is 6.18. The smallest absolute Gasteiger partial charge is 0.241 e. The first-order valence-electron chi connectivity index (χ1n) is 8.27. The highest BCUT2D eigenvalue weighted by molar-refractivity contribution is 5.96. The van der Waals surface area contributed by atoms with E-state index in [2.05, 4.69) is 10.6 Å². The highest BCUT2D eigenvalue weighted by Gasteiger charge is 2.20. The van der Waals surface area contributed by atoms with Crippen molar-refractivity contribution in [2.45, 2.75) is 19.9 Å². The summed E-state index contributed by atoms with van der Waals surface area (Å²) in [7, 11) is 1.72. The molecule has 0 aliphatic heterocycles. The van der Waals surface area contributed by atoms with Crippen LogP contribution in [0.5, 0.6) is 0 Å². The first-order chi connectivity index (χ1) is 12.4. The van der Waals surface area contributed by atoms with Gasteiger partial charge in [-0.2, -0.15) is 5.26 Å². The van der Waals surface area contributed by atoms with Crippen molar-refractivity contribution in [1.29, 1.82) is 5.26 Å². The number of carbonyl (C=O) groups excluding carboxylic acids is 2. The van der Waals surface area contributed by atoms with Crippen LogP contribution in [0.2, 0.25) is 0 Å². The minimum Gasteiger partial charge on any atom is -0.325 e. The van der Waals surface area contributed by atoms with Crippen LogP contribution >= 0.6 is 0 Å². The molecule has 0 unspecified atom stereocenters. The van der Waals surface area contributed by atoms with Gasteiger partial charge in [-0.25, -0.2) is 0 Å². The molecule has 0 bridgehead atoms. The number of benzene rings is 2. The van der Waals surface area contributed by atoms with Crippen LogP contribution < -0.4 is 10.6 Å². The van der Waals surface area contributed by atoms with Crippen LogP contribution in [0, 0.1) is 18.3 Å². The van der Waals surface area contributed by atoms with E-state index in [0.29, 0.717) is 11.3 Å². The van der Waals surface area contributed by atoms with E-state index in [1.54, 1.807) is 43.1 Å². The minimum absolute atomic E-state index is 0.0931. The average molecular weight is 350 g/mol. The SMILES string of the molecule is Cc1ccc(NC(=O)CN(C)[C@@H](C)C(=O)Nc2ccc(C#N)cc2)cc1. The highest BCUT2D eigenvalue weighted by Crippen LogP contribution is 2.11. The molecule has 0 heterocycles. The molecule has 2 aromatic rings. The third kappa shape index (κ3) is 5.43. The summed E-state index contributed by atoms with van der Waals surface area (Å²) < 4.78 is 0. The van der Waals surface area contributed by atoms with Gasteiger partial charge in [0.15, 0.2) is 0 Å². The van der Waals surface area contributed by atoms with Crippen LogP contribution in [0.25, 0.3) is 0 Å². The van der Waals surface area contributed by atoms with E-state index in [4.69, 9.17) is 5.26 Å². The van der Waals surface area contributed by atoms with Crippen LogP contribution in [0.4, 0.5) is 11.4 Å². The van der Waals surface area contributed by atoms with Gasteiger partial charge in [0, 0.05) is 11.4 Å². The predicted octanol–water partition coefficient (Wildman–Crippen LogP) is 2.76. The maximum absolute atomic E-state index is 12.3. The lowest BCUT2D eigenvalue weighted by Crippen LogP contribution is -2.43. The Labute approximate surface area is 153 Å². The standard InChI is InChI=1S/C20H22N4O2/c1-14-4-8-17(9-5-14)22-19(25)13-24(3)15(2)20(26)23-18-10-6-16(12-21)7-11-18/h4-11,15H,13H2,1-3H3,(H,22,25)(H,23,26)/t15-/m0/s1. The third-order valence-electron chi connectivity index (χ3n) is 4.05. The monoisotopic (exact) mass is 350 g/mol. The molecule has 0 fully saturated rings. The number of hydrogen-bond donors (Lipinski definition) is 2. The van der Waals surface area contributed by atoms with E-state index >= 15 is 0 Å². The van der Waals surface area contributed by atoms with Gasteiger partial charge in [0.1, 0.15) is 0 Å². The first-order valence-corrected chi connectivity index (χ1v) is 8.27. The van der Waals surface area contributed by atoms with Gasteiger partial charge in [0.05, 0.1) is 24.2 Å². The van der Waals surface area contributed by atoms with Gasteiger partial charge in [0.2, 0.25) is 11.8 Å². The summed E-state index contributed by atoms with van der Waals surface area (Å²) in [6, 6.07) is 15.7. The van der Waals surface area contributed by atoms with Gasteiger partial charge in [-0.05, 0) is 57.3 Å². The number of likely N-dealkylation sites (N-methyl/N-ethyl adjacent to an activating group) is 1. The van der Waals surface area contributed by atoms with Gasteiger partial charge in [-0.15, -0.1) is 0 Å². The summed E-state index contributed by atoms with van der Waals surface area (Å²) in [6.45, 7) is 3.81. The summed E-state index contributed by atoms with van der Waals surface area (Å²) in [4.78, 5) is 26.2. The Hall–Kier alpha value is -3.17. The molecule has 6 heteroatoms. The van der Waals surface area contributed by atoms with Crippen LogP contribution in [0.15, 0.2) is 48.5 Å². The molecular weight excluding hydrogens is 328 g/mol. The summed E-state index contributed by atoms with van der Waals surface area (Å²) >= 11 is 0. The molecule has 6 nitrogen and oxygen atoms in total. The van der Waals surface area contributed by atoms with Gasteiger partial charge < -0.3 is 10.6 Å². The molecule has 0 aromatic heterocycles. The zero-order chi connectivity index (χ0) is 19.1. The topological polar surface area (TPSA) is 85.2 Å². The van der Waals surface area contributed by atoms with E-state index in [0.717, 1.165) is 11.3 Å². The Morgan fingerprint density at radius 1 is 1.04 bits per heavy atom. The van der Waals surface area contributed by atoms with Gasteiger partial charge in [-0.1, -0.05) is 17.7 Å². The molecule has 0 saturated heterocycles. The van der Waals surface area contributed by atoms with E-state index in [1.165, 1.54) is 0 Å². The Balaban J connectivity index is 1.87. The van der Waals surface area contributed by atoms with Crippen LogP contribution in [-0.4, -0.2) is 36.3 Å². The number of nitrogens with zero attached hydrogens (tertiary/aromatic N) is 2. The summed E-state index contributed by atoms with van der Waals surface area (Å²) in [6.07, 6.45) is 0. The van der Waals surface area contributed by atoms with Crippen molar-refractivity contribution in [2.24, 2.45) is 0 Å². The Bertz CT molecular complexity index is 807. The maximum Gasteiger partial charge on any atom is 0.241 e. The minimum atomic E-state index is -0.491. The Kier molecular flexibility index (Phi) is 6.48. The number of amides is 2. The maximum atomic E-state index is 12.3. The number of nitrogens with one attached hydrogen (secondary N) is 2. The fourth-order valence-electron chi connectivity index (χ4n) is 2.28. The Morgan fingerprint density at radius 3 is 2.15 bits per heavy atom. The molecule has 2 aromatic carbocycles. The zero-order valence-electron chi connectivity index (χ0n) is 15.1. The van der Waals surface area contributed by atoms with Crippen molar-refractivity contribution < 1.29 is 9.59 Å². The molecule has 26 heavy (non-hydrogen) atoms. The van der Waals surface area contributed by atoms with E-state index in [-0.39, 0.29) is 18.4 Å². The lowest BCUT2D eigenvalue weighted by Gasteiger charge is -2.23. The van der Waals surface area contributed by atoms with Crippen molar-refractivity contribution in [3.05, 3.63) is 59.7 Å². The molecule has 0 aliphatic carbocycles. The van der Waals surface area contributed by atoms with Crippen molar-refractivity contribution in [3.63, 3.8) is 0 Å². The predicted molar refractivity (Wildman–Crippen MR) is 102 cm³/mol. The quantitative estimate of drug-likeness (QED) is 0.839. The van der Waals surface area contributed by atoms with Crippen LogP contribution in [0.3, 0.4) is 0 Å². The number of rotatable bonds is 6. The zero-order valence-corrected chi connectivity index (χ0v) is 15.1. The lowest BCUT2D eigenvalue weighted by molar-refractivity contribution is -0.122. The molecular formula is C20H22N4O2. The number of anilines is 2. The second kappa shape index (κ2) is 8.79. The number of nitriles is 1. The highest BCUT2D eigenvalue weighted by atomic mass is 16.2. The van der Waals surface area contributed by atoms with Crippen molar-refractivity contribution >= 4 is 23.2 Å². The number of hydrogen-bond acceptors (Lipinski definition) is 4. The van der Waals surface area contributed by atoms with Crippen LogP contribution in [-0.2, 0) is 9.59 Å². The lowest BCUT2D eigenvalue weighted by atomic mass is 10.2. The molecule has 2 rings (SSSR count). The molecule has 0 saturated carbocycles. The number of carbonyl (C=O) groups is 2. The fraction of sp³-hybridized carbons (Fsp3) is 0.250. The van der Waals surface area contributed by atoms with Gasteiger partial charge in [0.25, 0.3) is 0 Å². The van der Waals surface area contributed by atoms with Gasteiger partial charge >= 0.3 is 0 Å². The molecule has 0 spiro atoms. The summed E-state index contributed by atoms with van der Waals surface area (Å²) in [5, 5.41) is 14.4. The molecule has 2 N–H and O–H groups in total. The van der Waals surface area contributed by atoms with Gasteiger partial charge in [-0.3, -0.25) is 14.5 Å². The molecule has 2 amide bonds. The number of aryl methyl sites for hydroxylation is 1. The van der Waals surface area contributed by atoms with Crippen molar-refractivity contribution in [1.82, 2.24) is 4.90 Å². The summed E-state index contributed by atoms with van der Waals surface area (Å²) in [5.74, 6) is -0.408. The van der Waals surface area contributed by atoms with E-state index in [1.807, 2.05) is 37.3 Å². The normalized spacial score (nSPS) is 11.5. The third-order valence-corrected chi connectivity index (χ3v) is 4.05. The second-order valence-electron chi connectivity index (χ2n) is 6.18. The molecule has 0 aliphatic rings. The molecule has 1 atom stereocenters. The Morgan fingerprint density at radius 2 is 1.58 bits per heavy atom. The van der Waals surface area contributed by atoms with Crippen molar-refractivity contribution in [3.8, 4) is 6.07 Å². The summed E-state index contributed by atoms with van der Waals surface area (Å²) in [5.41, 5.74) is 2.98. The molecule has 134 valence electrons.